The second-order valence-corrected chi connectivity index (χ2v) is 5.11. The second kappa shape index (κ2) is 6.08. The van der Waals surface area contributed by atoms with Crippen molar-refractivity contribution in [3.8, 4) is 0 Å². The lowest BCUT2D eigenvalue weighted by molar-refractivity contribution is -0.139. The Bertz CT molecular complexity index is 414. The van der Waals surface area contributed by atoms with Gasteiger partial charge in [0.05, 0.1) is 12.0 Å². The standard InChI is InChI=1S/C12H19N3O5/c16-5-3-8(11(18)19)14-12(20)15-4-1-2-7-9(15)6-13-10(7)17/h7-9,16H,1-6H2,(H,13,17)(H,14,20)(H,18,19)/t7?,8-,9?/m1/s1. The van der Waals surface area contributed by atoms with E-state index in [1.807, 2.05) is 0 Å². The van der Waals surface area contributed by atoms with Crippen LogP contribution in [0.1, 0.15) is 19.3 Å². The van der Waals surface area contributed by atoms with E-state index in [0.29, 0.717) is 13.1 Å². The number of nitrogens with one attached hydrogen (secondary N) is 2. The molecule has 112 valence electrons. The lowest BCUT2D eigenvalue weighted by Gasteiger charge is -2.36. The van der Waals surface area contributed by atoms with Gasteiger partial charge in [-0.3, -0.25) is 4.79 Å². The van der Waals surface area contributed by atoms with Gasteiger partial charge in [0.15, 0.2) is 0 Å². The zero-order valence-electron chi connectivity index (χ0n) is 11.0. The summed E-state index contributed by atoms with van der Waals surface area (Å²) >= 11 is 0. The Morgan fingerprint density at radius 3 is 2.90 bits per heavy atom. The lowest BCUT2D eigenvalue weighted by Crippen LogP contribution is -2.55. The summed E-state index contributed by atoms with van der Waals surface area (Å²) in [7, 11) is 0. The summed E-state index contributed by atoms with van der Waals surface area (Å²) in [5.41, 5.74) is 0. The highest BCUT2D eigenvalue weighted by molar-refractivity contribution is 5.86. The third kappa shape index (κ3) is 2.84. The number of hydrogen-bond acceptors (Lipinski definition) is 4. The minimum atomic E-state index is -1.18. The summed E-state index contributed by atoms with van der Waals surface area (Å²) < 4.78 is 0. The molecule has 0 aromatic rings. The first-order chi connectivity index (χ1) is 9.54. The Kier molecular flexibility index (Phi) is 4.43. The molecule has 2 heterocycles. The van der Waals surface area contributed by atoms with Crippen LogP contribution < -0.4 is 10.6 Å². The number of carboxylic acid groups (broad SMARTS) is 1. The molecular weight excluding hydrogens is 266 g/mol. The van der Waals surface area contributed by atoms with Crippen LogP contribution in [0.2, 0.25) is 0 Å². The van der Waals surface area contributed by atoms with E-state index in [1.165, 1.54) is 4.90 Å². The van der Waals surface area contributed by atoms with Crippen molar-refractivity contribution >= 4 is 17.9 Å². The first-order valence-electron chi connectivity index (χ1n) is 6.73. The normalized spacial score (nSPS) is 26.6. The van der Waals surface area contributed by atoms with Crippen LogP contribution in [-0.4, -0.2) is 64.8 Å². The Hall–Kier alpha value is -1.83. The van der Waals surface area contributed by atoms with Gasteiger partial charge in [-0.15, -0.1) is 0 Å². The van der Waals surface area contributed by atoms with Crippen molar-refractivity contribution in [3.05, 3.63) is 0 Å². The molecule has 0 saturated carbocycles. The minimum Gasteiger partial charge on any atom is -0.480 e. The molecule has 8 heteroatoms. The fourth-order valence-corrected chi connectivity index (χ4v) is 2.82. The number of aliphatic carboxylic acids is 1. The highest BCUT2D eigenvalue weighted by Crippen LogP contribution is 2.27. The number of carboxylic acids is 1. The van der Waals surface area contributed by atoms with Crippen LogP contribution in [0.3, 0.4) is 0 Å². The van der Waals surface area contributed by atoms with Gasteiger partial charge < -0.3 is 25.7 Å². The Morgan fingerprint density at radius 1 is 1.50 bits per heavy atom. The summed E-state index contributed by atoms with van der Waals surface area (Å²) in [6, 6.07) is -1.81. The lowest BCUT2D eigenvalue weighted by atomic mass is 9.92. The van der Waals surface area contributed by atoms with Crippen LogP contribution in [0.25, 0.3) is 0 Å². The topological polar surface area (TPSA) is 119 Å². The van der Waals surface area contributed by atoms with Crippen LogP contribution in [0.4, 0.5) is 4.79 Å². The number of carbonyl (C=O) groups excluding carboxylic acids is 2. The monoisotopic (exact) mass is 285 g/mol. The van der Waals surface area contributed by atoms with Gasteiger partial charge in [0.1, 0.15) is 6.04 Å². The molecule has 0 aliphatic carbocycles. The molecule has 0 spiro atoms. The molecule has 3 amide bonds. The molecule has 0 aromatic heterocycles. The van der Waals surface area contributed by atoms with Crippen LogP contribution >= 0.6 is 0 Å². The van der Waals surface area contributed by atoms with Gasteiger partial charge in [0, 0.05) is 26.1 Å². The Labute approximate surface area is 116 Å². The van der Waals surface area contributed by atoms with Gasteiger partial charge in [-0.25, -0.2) is 9.59 Å². The maximum absolute atomic E-state index is 12.2. The SMILES string of the molecule is O=C1NCC2C1CCCN2C(=O)N[C@H](CCO)C(=O)O. The van der Waals surface area contributed by atoms with Crippen molar-refractivity contribution < 1.29 is 24.6 Å². The number of hydrogen-bond donors (Lipinski definition) is 4. The van der Waals surface area contributed by atoms with E-state index in [2.05, 4.69) is 10.6 Å². The molecule has 2 fully saturated rings. The number of aliphatic hydroxyl groups is 1. The van der Waals surface area contributed by atoms with Gasteiger partial charge in [0.25, 0.3) is 0 Å². The zero-order valence-corrected chi connectivity index (χ0v) is 11.0. The average molecular weight is 285 g/mol. The minimum absolute atomic E-state index is 0.0415. The molecule has 2 saturated heterocycles. The molecule has 20 heavy (non-hydrogen) atoms. The predicted octanol–water partition coefficient (Wildman–Crippen LogP) is -1.26. The number of fused-ring (bicyclic) bond motifs is 1. The molecule has 2 aliphatic rings. The quantitative estimate of drug-likeness (QED) is 0.514. The second-order valence-electron chi connectivity index (χ2n) is 5.11. The number of carbonyl (C=O) groups is 3. The molecule has 8 nitrogen and oxygen atoms in total. The van der Waals surface area contributed by atoms with Crippen molar-refractivity contribution in [1.82, 2.24) is 15.5 Å². The summed E-state index contributed by atoms with van der Waals surface area (Å²) in [4.78, 5) is 36.3. The smallest absolute Gasteiger partial charge is 0.326 e. The zero-order chi connectivity index (χ0) is 14.7. The molecule has 2 unspecified atom stereocenters. The number of piperidine rings is 1. The molecule has 2 rings (SSSR count). The van der Waals surface area contributed by atoms with E-state index in [9.17, 15) is 14.4 Å². The average Bonchev–Trinajstić information content (AvgIpc) is 2.80. The third-order valence-electron chi connectivity index (χ3n) is 3.88. The van der Waals surface area contributed by atoms with Gasteiger partial charge in [-0.1, -0.05) is 0 Å². The van der Waals surface area contributed by atoms with E-state index >= 15 is 0 Å². The highest BCUT2D eigenvalue weighted by atomic mass is 16.4. The maximum atomic E-state index is 12.2. The first-order valence-corrected chi connectivity index (χ1v) is 6.73. The summed E-state index contributed by atoms with van der Waals surface area (Å²) in [5, 5.41) is 22.9. The third-order valence-corrected chi connectivity index (χ3v) is 3.88. The molecule has 4 N–H and O–H groups in total. The molecule has 0 bridgehead atoms. The van der Waals surface area contributed by atoms with Gasteiger partial charge in [-0.2, -0.15) is 0 Å². The predicted molar refractivity (Wildman–Crippen MR) is 67.9 cm³/mol. The van der Waals surface area contributed by atoms with Crippen LogP contribution in [0.15, 0.2) is 0 Å². The van der Waals surface area contributed by atoms with E-state index < -0.39 is 18.0 Å². The van der Waals surface area contributed by atoms with Crippen LogP contribution in [0.5, 0.6) is 0 Å². The number of aliphatic hydroxyl groups excluding tert-OH is 1. The summed E-state index contributed by atoms with van der Waals surface area (Å²) in [5.74, 6) is -1.42. The van der Waals surface area contributed by atoms with E-state index in [1.54, 1.807) is 0 Å². The number of likely N-dealkylation sites (tertiary alicyclic amines) is 1. The maximum Gasteiger partial charge on any atom is 0.326 e. The number of nitrogens with zero attached hydrogens (tertiary/aromatic N) is 1. The fourth-order valence-electron chi connectivity index (χ4n) is 2.82. The van der Waals surface area contributed by atoms with Crippen molar-refractivity contribution in [1.29, 1.82) is 0 Å². The molecule has 0 aromatic carbocycles. The largest absolute Gasteiger partial charge is 0.480 e. The number of urea groups is 1. The number of rotatable bonds is 4. The summed E-state index contributed by atoms with van der Waals surface area (Å²) in [6.07, 6.45) is 1.43. The summed E-state index contributed by atoms with van der Waals surface area (Å²) in [6.45, 7) is 0.603. The van der Waals surface area contributed by atoms with Crippen LogP contribution in [-0.2, 0) is 9.59 Å². The Morgan fingerprint density at radius 2 is 2.25 bits per heavy atom. The molecule has 2 aliphatic heterocycles. The van der Waals surface area contributed by atoms with E-state index in [0.717, 1.165) is 12.8 Å². The molecule has 0 radical (unpaired) electrons. The van der Waals surface area contributed by atoms with E-state index in [4.69, 9.17) is 10.2 Å². The van der Waals surface area contributed by atoms with Gasteiger partial charge in [-0.05, 0) is 12.8 Å². The first kappa shape index (κ1) is 14.6. The Balaban J connectivity index is 2.01. The fraction of sp³-hybridized carbons (Fsp3) is 0.750. The van der Waals surface area contributed by atoms with E-state index in [-0.39, 0.29) is 30.9 Å². The van der Waals surface area contributed by atoms with Crippen molar-refractivity contribution in [2.75, 3.05) is 19.7 Å². The highest BCUT2D eigenvalue weighted by Gasteiger charge is 2.43. The van der Waals surface area contributed by atoms with Crippen molar-refractivity contribution in [2.45, 2.75) is 31.3 Å². The number of amides is 3. The molecule has 3 atom stereocenters. The van der Waals surface area contributed by atoms with Crippen molar-refractivity contribution in [3.63, 3.8) is 0 Å². The van der Waals surface area contributed by atoms with Gasteiger partial charge in [0.2, 0.25) is 5.91 Å². The molecular formula is C12H19N3O5. The van der Waals surface area contributed by atoms with Crippen molar-refractivity contribution in [2.24, 2.45) is 5.92 Å². The van der Waals surface area contributed by atoms with Gasteiger partial charge >= 0.3 is 12.0 Å². The van der Waals surface area contributed by atoms with Crippen LogP contribution in [0, 0.1) is 5.92 Å².